The molecule has 0 aromatic heterocycles. The molecule has 0 heterocycles. The summed E-state index contributed by atoms with van der Waals surface area (Å²) >= 11 is 0. The van der Waals surface area contributed by atoms with Crippen LogP contribution in [-0.2, 0) is 4.79 Å². The van der Waals surface area contributed by atoms with Crippen molar-refractivity contribution in [1.29, 1.82) is 0 Å². The molecule has 0 saturated heterocycles. The maximum Gasteiger partial charge on any atom is 0.159 e. The van der Waals surface area contributed by atoms with Crippen LogP contribution in [-0.4, -0.2) is 5.78 Å². The highest BCUT2D eigenvalue weighted by molar-refractivity contribution is 5.95. The van der Waals surface area contributed by atoms with Gasteiger partial charge in [-0.2, -0.15) is 0 Å². The monoisotopic (exact) mass is 410 g/mol. The van der Waals surface area contributed by atoms with Gasteiger partial charge in [-0.25, -0.2) is 0 Å². The molecule has 0 aromatic rings. The van der Waals surface area contributed by atoms with Crippen LogP contribution in [0.2, 0.25) is 0 Å². The van der Waals surface area contributed by atoms with E-state index in [2.05, 4.69) is 59.8 Å². The first-order chi connectivity index (χ1) is 14.2. The molecule has 4 rings (SSSR count). The zero-order chi connectivity index (χ0) is 21.7. The van der Waals surface area contributed by atoms with Gasteiger partial charge in [-0.05, 0) is 103 Å². The normalized spacial score (nSPS) is 42.4. The Labute approximate surface area is 186 Å². The fourth-order valence-electron chi connectivity index (χ4n) is 8.70. The zero-order valence-electron chi connectivity index (χ0n) is 20.5. The first-order valence-corrected chi connectivity index (χ1v) is 13.1. The van der Waals surface area contributed by atoms with Gasteiger partial charge in [0.25, 0.3) is 0 Å². The smallest absolute Gasteiger partial charge is 0.159 e. The third kappa shape index (κ3) is 3.47. The molecular formula is C29H46O. The van der Waals surface area contributed by atoms with Crippen molar-refractivity contribution in [3.63, 3.8) is 0 Å². The van der Waals surface area contributed by atoms with Crippen LogP contribution in [0.1, 0.15) is 99.3 Å². The zero-order valence-corrected chi connectivity index (χ0v) is 20.5. The summed E-state index contributed by atoms with van der Waals surface area (Å²) < 4.78 is 0. The van der Waals surface area contributed by atoms with Crippen LogP contribution in [0.5, 0.6) is 0 Å². The van der Waals surface area contributed by atoms with Gasteiger partial charge in [0, 0.05) is 5.92 Å². The molecule has 1 heteroatoms. The second kappa shape index (κ2) is 8.25. The lowest BCUT2D eigenvalue weighted by atomic mass is 9.47. The van der Waals surface area contributed by atoms with Crippen molar-refractivity contribution in [2.24, 2.45) is 52.3 Å². The van der Waals surface area contributed by atoms with E-state index in [9.17, 15) is 4.79 Å². The van der Waals surface area contributed by atoms with Gasteiger partial charge in [0.1, 0.15) is 0 Å². The first-order valence-electron chi connectivity index (χ1n) is 13.1. The molecule has 0 spiro atoms. The maximum absolute atomic E-state index is 13.4. The molecule has 30 heavy (non-hydrogen) atoms. The number of hydrogen-bond acceptors (Lipinski definition) is 1. The van der Waals surface area contributed by atoms with Gasteiger partial charge in [0.05, 0.1) is 0 Å². The Kier molecular flexibility index (Phi) is 6.15. The van der Waals surface area contributed by atoms with E-state index in [0.717, 1.165) is 23.7 Å². The summed E-state index contributed by atoms with van der Waals surface area (Å²) in [7, 11) is 0. The van der Waals surface area contributed by atoms with E-state index in [-0.39, 0.29) is 5.41 Å². The highest BCUT2D eigenvalue weighted by atomic mass is 16.1. The highest BCUT2D eigenvalue weighted by Gasteiger charge is 2.60. The van der Waals surface area contributed by atoms with Crippen LogP contribution in [0, 0.1) is 52.3 Å². The number of carbonyl (C=O) groups is 1. The van der Waals surface area contributed by atoms with Gasteiger partial charge in [-0.3, -0.25) is 4.79 Å². The predicted octanol–water partition coefficient (Wildman–Crippen LogP) is 8.01. The van der Waals surface area contributed by atoms with Crippen molar-refractivity contribution in [2.45, 2.75) is 99.3 Å². The van der Waals surface area contributed by atoms with E-state index in [1.165, 1.54) is 63.4 Å². The minimum atomic E-state index is 0.240. The number of allylic oxidation sites excluding steroid dienone is 4. The van der Waals surface area contributed by atoms with Gasteiger partial charge >= 0.3 is 0 Å². The molecule has 4 aliphatic rings. The molecule has 0 bridgehead atoms. The number of ketones is 1. The summed E-state index contributed by atoms with van der Waals surface area (Å²) in [6.07, 6.45) is 18.3. The summed E-state index contributed by atoms with van der Waals surface area (Å²) in [5.41, 5.74) is 1.96. The van der Waals surface area contributed by atoms with Crippen molar-refractivity contribution in [3.05, 3.63) is 23.8 Å². The number of hydrogen-bond donors (Lipinski definition) is 0. The van der Waals surface area contributed by atoms with E-state index in [4.69, 9.17) is 0 Å². The third-order valence-electron chi connectivity index (χ3n) is 10.7. The second-order valence-electron chi connectivity index (χ2n) is 12.3. The molecule has 0 aliphatic heterocycles. The quantitative estimate of drug-likeness (QED) is 0.433. The molecule has 0 amide bonds. The van der Waals surface area contributed by atoms with Crippen molar-refractivity contribution < 1.29 is 4.79 Å². The second-order valence-corrected chi connectivity index (χ2v) is 12.3. The Morgan fingerprint density at radius 3 is 2.50 bits per heavy atom. The maximum atomic E-state index is 13.4. The number of rotatable bonds is 6. The molecule has 0 aromatic carbocycles. The van der Waals surface area contributed by atoms with Gasteiger partial charge in [0.15, 0.2) is 5.78 Å². The summed E-state index contributed by atoms with van der Waals surface area (Å²) in [5.74, 6) is 5.23. The summed E-state index contributed by atoms with van der Waals surface area (Å²) in [5, 5.41) is 0. The fourth-order valence-corrected chi connectivity index (χ4v) is 8.70. The molecule has 168 valence electrons. The summed E-state index contributed by atoms with van der Waals surface area (Å²) in [6.45, 7) is 14.7. The molecule has 1 nitrogen and oxygen atoms in total. The number of fused-ring (bicyclic) bond motifs is 5. The van der Waals surface area contributed by atoms with Crippen molar-refractivity contribution in [3.8, 4) is 0 Å². The fraction of sp³-hybridized carbons (Fsp3) is 0.828. The minimum absolute atomic E-state index is 0.240. The minimum Gasteiger partial charge on any atom is -0.295 e. The Bertz CT molecular complexity index is 714. The lowest BCUT2D eigenvalue weighted by Crippen LogP contribution is -2.52. The van der Waals surface area contributed by atoms with Crippen LogP contribution >= 0.6 is 0 Å². The van der Waals surface area contributed by atoms with Gasteiger partial charge in [0.2, 0.25) is 0 Å². The van der Waals surface area contributed by atoms with Crippen LogP contribution in [0.15, 0.2) is 23.8 Å². The molecule has 0 N–H and O–H groups in total. The molecule has 2 fully saturated rings. The highest BCUT2D eigenvalue weighted by Crippen LogP contribution is 2.66. The Hall–Kier alpha value is -0.850. The Morgan fingerprint density at radius 2 is 1.80 bits per heavy atom. The molecule has 8 atom stereocenters. The Balaban J connectivity index is 1.53. The molecule has 2 unspecified atom stereocenters. The molecule has 0 radical (unpaired) electrons. The molecule has 4 aliphatic carbocycles. The van der Waals surface area contributed by atoms with Gasteiger partial charge in [-0.15, -0.1) is 0 Å². The van der Waals surface area contributed by atoms with E-state index in [1.54, 1.807) is 0 Å². The average molecular weight is 411 g/mol. The van der Waals surface area contributed by atoms with E-state index in [0.29, 0.717) is 29.0 Å². The summed E-state index contributed by atoms with van der Waals surface area (Å²) in [6, 6.07) is 0. The first kappa shape index (κ1) is 22.3. The van der Waals surface area contributed by atoms with Crippen LogP contribution < -0.4 is 0 Å². The van der Waals surface area contributed by atoms with Gasteiger partial charge < -0.3 is 0 Å². The van der Waals surface area contributed by atoms with Gasteiger partial charge in [-0.1, -0.05) is 66.5 Å². The number of carbonyl (C=O) groups excluding carboxylic acids is 1. The van der Waals surface area contributed by atoms with E-state index in [1.807, 2.05) is 0 Å². The largest absolute Gasteiger partial charge is 0.295 e. The predicted molar refractivity (Wildman–Crippen MR) is 127 cm³/mol. The van der Waals surface area contributed by atoms with Crippen LogP contribution in [0.4, 0.5) is 0 Å². The van der Waals surface area contributed by atoms with E-state index >= 15 is 0 Å². The van der Waals surface area contributed by atoms with Crippen molar-refractivity contribution >= 4 is 5.78 Å². The topological polar surface area (TPSA) is 17.1 Å². The molecular weight excluding hydrogens is 364 g/mol. The van der Waals surface area contributed by atoms with Crippen molar-refractivity contribution in [2.75, 3.05) is 0 Å². The Morgan fingerprint density at radius 1 is 1.03 bits per heavy atom. The average Bonchev–Trinajstić information content (AvgIpc) is 3.05. The third-order valence-corrected chi connectivity index (χ3v) is 10.7. The lowest BCUT2D eigenvalue weighted by molar-refractivity contribution is -0.133. The van der Waals surface area contributed by atoms with E-state index < -0.39 is 0 Å². The summed E-state index contributed by atoms with van der Waals surface area (Å²) in [4.78, 5) is 13.4. The lowest BCUT2D eigenvalue weighted by Gasteiger charge is -2.56. The standard InChI is InChI=1S/C29H46O/c1-7-21(19(2)3)12-11-20(4)23-13-14-24-27-25(15-17-29(23,24)6)28(5)16-9-8-10-22(28)18-26(27)30/h8,10,18-21,23-25,27H,7,9,11-17H2,1-6H3/t20?,21?,23-,24+,25+,27+,28+,29-/m1/s1. The van der Waals surface area contributed by atoms with Crippen LogP contribution in [0.25, 0.3) is 0 Å². The van der Waals surface area contributed by atoms with Crippen LogP contribution in [0.3, 0.4) is 0 Å². The van der Waals surface area contributed by atoms with Crippen molar-refractivity contribution in [1.82, 2.24) is 0 Å². The SMILES string of the molecule is CCC(CCC(C)[C@H]1CC[C@H]2[C@@H]3C(=O)C=C4C=CCC[C@]4(C)[C@H]3CC[C@]12C)C(C)C. The molecule has 2 saturated carbocycles.